The molecular weight excluding hydrogens is 419 g/mol. The first kappa shape index (κ1) is 23.2. The summed E-state index contributed by atoms with van der Waals surface area (Å²) in [6.07, 6.45) is -2.72. The maximum absolute atomic E-state index is 13.6. The monoisotopic (exact) mass is 453 g/mol. The van der Waals surface area contributed by atoms with E-state index in [2.05, 4.69) is 15.3 Å². The molecule has 1 atom stereocenters. The fraction of sp³-hybridized carbons (Fsp3) is 0.261. The molecule has 3 aromatic rings. The van der Waals surface area contributed by atoms with Crippen LogP contribution < -0.4 is 16.8 Å². The predicted octanol–water partition coefficient (Wildman–Crippen LogP) is 5.26. The van der Waals surface area contributed by atoms with Crippen LogP contribution in [0.25, 0.3) is 0 Å². The van der Waals surface area contributed by atoms with E-state index >= 15 is 0 Å². The first-order valence-electron chi connectivity index (χ1n) is 10.0. The summed E-state index contributed by atoms with van der Waals surface area (Å²) in [5.41, 5.74) is 10.3. The summed E-state index contributed by atoms with van der Waals surface area (Å²) in [5, 5.41) is 3.07. The largest absolute Gasteiger partial charge is 0.418 e. The third kappa shape index (κ3) is 4.72. The Labute approximate surface area is 191 Å². The predicted molar refractivity (Wildman–Crippen MR) is 128 cm³/mol. The molecule has 1 aromatic carbocycles. The molecule has 6 nitrogen and oxygen atoms in total. The van der Waals surface area contributed by atoms with Crippen LogP contribution in [0.2, 0.25) is 0 Å². The van der Waals surface area contributed by atoms with Gasteiger partial charge in [-0.3, -0.25) is 4.79 Å². The number of hydrogen-bond donors (Lipinski definition) is 3. The third-order valence-electron chi connectivity index (χ3n) is 5.56. The first-order valence-corrected chi connectivity index (χ1v) is 10.0. The Morgan fingerprint density at radius 3 is 2.41 bits per heavy atom. The number of hydrogen-bond acceptors (Lipinski definition) is 6. The summed E-state index contributed by atoms with van der Waals surface area (Å²) in [6.45, 7) is 2.63. The minimum Gasteiger partial charge on any atom is -0.383 e. The Balaban J connectivity index is -0.00000231. The second kappa shape index (κ2) is 9.35. The molecule has 178 valence electrons. The number of nitrogens with zero attached hydrogens (tertiary/aromatic N) is 2. The summed E-state index contributed by atoms with van der Waals surface area (Å²) in [4.78, 5) is 20.7. The van der Waals surface area contributed by atoms with Crippen molar-refractivity contribution in [1.82, 2.24) is 9.97 Å². The molecule has 2 heterocycles. The highest BCUT2D eigenvalue weighted by molar-refractivity contribution is 6.11. The van der Waals surface area contributed by atoms with Gasteiger partial charge in [0.1, 0.15) is 17.3 Å². The summed E-state index contributed by atoms with van der Waals surface area (Å²) in [7, 11) is 0. The smallest absolute Gasteiger partial charge is 0.383 e. The number of carbonyl (C=O) groups is 1. The standard InChI is InChI=1S/C23H24F3N5O.5H2/c1-2-22(13-27,15-7-4-3-5-8-15)14-30-18-11-10-17(23(24,25)26)19(31-18)20(32)16-9-6-12-29-21(16)28;;;;;/h3-12H,2,13-14,27H2,1H3,(H2,28,29)(H,30,31);5*1H/t22-;;;;;/m0...../s1. The van der Waals surface area contributed by atoms with Gasteiger partial charge in [-0.15, -0.1) is 0 Å². The van der Waals surface area contributed by atoms with Crippen LogP contribution in [-0.4, -0.2) is 28.8 Å². The molecule has 0 radical (unpaired) electrons. The van der Waals surface area contributed by atoms with Gasteiger partial charge < -0.3 is 16.8 Å². The van der Waals surface area contributed by atoms with Crippen LogP contribution >= 0.6 is 0 Å². The highest BCUT2D eigenvalue weighted by Crippen LogP contribution is 2.34. The van der Waals surface area contributed by atoms with Gasteiger partial charge in [0.2, 0.25) is 5.78 Å². The number of pyridine rings is 2. The zero-order valence-corrected chi connectivity index (χ0v) is 17.5. The highest BCUT2D eigenvalue weighted by Gasteiger charge is 2.37. The topological polar surface area (TPSA) is 107 Å². The Bertz CT molecular complexity index is 1100. The average Bonchev–Trinajstić information content (AvgIpc) is 2.80. The van der Waals surface area contributed by atoms with Crippen LogP contribution in [0, 0.1) is 0 Å². The number of halogens is 3. The molecule has 0 unspecified atom stereocenters. The van der Waals surface area contributed by atoms with E-state index < -0.39 is 28.6 Å². The van der Waals surface area contributed by atoms with E-state index in [1.54, 1.807) is 0 Å². The van der Waals surface area contributed by atoms with Gasteiger partial charge in [-0.05, 0) is 36.2 Å². The molecule has 0 saturated carbocycles. The van der Waals surface area contributed by atoms with Gasteiger partial charge in [0.15, 0.2) is 0 Å². The van der Waals surface area contributed by atoms with Crippen LogP contribution in [0.4, 0.5) is 24.8 Å². The number of nitrogens with one attached hydrogen (secondary N) is 1. The number of nitrogen functional groups attached to an aromatic ring is 1. The third-order valence-corrected chi connectivity index (χ3v) is 5.56. The minimum atomic E-state index is -4.76. The van der Waals surface area contributed by atoms with Gasteiger partial charge in [-0.25, -0.2) is 9.97 Å². The average molecular weight is 454 g/mol. The van der Waals surface area contributed by atoms with Crippen LogP contribution in [-0.2, 0) is 11.6 Å². The summed E-state index contributed by atoms with van der Waals surface area (Å²) >= 11 is 0. The lowest BCUT2D eigenvalue weighted by Gasteiger charge is -2.32. The van der Waals surface area contributed by atoms with Crippen LogP contribution in [0.15, 0.2) is 60.8 Å². The number of nitrogens with two attached hydrogens (primary N) is 2. The molecule has 32 heavy (non-hydrogen) atoms. The fourth-order valence-electron chi connectivity index (χ4n) is 3.51. The Morgan fingerprint density at radius 2 is 1.81 bits per heavy atom. The van der Waals surface area contributed by atoms with Gasteiger partial charge in [0.05, 0.1) is 11.1 Å². The zero-order valence-electron chi connectivity index (χ0n) is 17.5. The van der Waals surface area contributed by atoms with Gasteiger partial charge >= 0.3 is 6.18 Å². The van der Waals surface area contributed by atoms with Crippen molar-refractivity contribution in [2.45, 2.75) is 24.9 Å². The zero-order chi connectivity index (χ0) is 23.4. The lowest BCUT2D eigenvalue weighted by Crippen LogP contribution is -2.41. The molecule has 9 heteroatoms. The molecule has 5 N–H and O–H groups in total. The lowest BCUT2D eigenvalue weighted by atomic mass is 9.78. The number of carbonyl (C=O) groups excluding carboxylic acids is 1. The molecule has 0 amide bonds. The van der Waals surface area contributed by atoms with Crippen LogP contribution in [0.5, 0.6) is 0 Å². The summed E-state index contributed by atoms with van der Waals surface area (Å²) < 4.78 is 40.8. The number of alkyl halides is 3. The maximum atomic E-state index is 13.6. The van der Waals surface area contributed by atoms with E-state index in [1.807, 2.05) is 37.3 Å². The van der Waals surface area contributed by atoms with Gasteiger partial charge in [0.25, 0.3) is 0 Å². The van der Waals surface area contributed by atoms with Crippen molar-refractivity contribution in [2.24, 2.45) is 5.73 Å². The molecule has 0 aliphatic rings. The highest BCUT2D eigenvalue weighted by atomic mass is 19.4. The molecule has 0 aliphatic heterocycles. The van der Waals surface area contributed by atoms with Crippen LogP contribution in [0.3, 0.4) is 0 Å². The number of ketones is 1. The van der Waals surface area contributed by atoms with E-state index in [0.717, 1.165) is 11.6 Å². The Morgan fingerprint density at radius 1 is 1.09 bits per heavy atom. The minimum absolute atomic E-state index is 0. The molecule has 3 rings (SSSR count). The van der Waals surface area contributed by atoms with E-state index in [9.17, 15) is 18.0 Å². The van der Waals surface area contributed by atoms with Gasteiger partial charge in [-0.1, -0.05) is 37.3 Å². The Kier molecular flexibility index (Phi) is 6.78. The van der Waals surface area contributed by atoms with E-state index in [1.165, 1.54) is 24.4 Å². The summed E-state index contributed by atoms with van der Waals surface area (Å²) in [6, 6.07) is 14.4. The molecule has 0 bridgehead atoms. The fourth-order valence-corrected chi connectivity index (χ4v) is 3.51. The molecule has 0 spiro atoms. The summed E-state index contributed by atoms with van der Waals surface area (Å²) in [5.74, 6) is -0.982. The molecule has 0 fully saturated rings. The molecule has 0 aliphatic carbocycles. The molecular formula is C23H34F3N5O. The van der Waals surface area contributed by atoms with Gasteiger partial charge in [-0.2, -0.15) is 13.2 Å². The first-order chi connectivity index (χ1) is 15.2. The number of aromatic nitrogens is 2. The Hall–Kier alpha value is -3.46. The van der Waals surface area contributed by atoms with E-state index in [-0.39, 0.29) is 24.3 Å². The van der Waals surface area contributed by atoms with Crippen molar-refractivity contribution in [3.8, 4) is 0 Å². The van der Waals surface area contributed by atoms with Gasteiger partial charge in [0, 0.05) is 31.8 Å². The van der Waals surface area contributed by atoms with Crippen molar-refractivity contribution in [3.05, 3.63) is 83.2 Å². The molecule has 0 saturated heterocycles. The van der Waals surface area contributed by atoms with Crippen LogP contribution in [0.1, 0.15) is 47.7 Å². The van der Waals surface area contributed by atoms with Crippen molar-refractivity contribution < 1.29 is 25.1 Å². The van der Waals surface area contributed by atoms with Crippen molar-refractivity contribution in [2.75, 3.05) is 24.1 Å². The second-order valence-corrected chi connectivity index (χ2v) is 7.41. The van der Waals surface area contributed by atoms with E-state index in [0.29, 0.717) is 19.5 Å². The lowest BCUT2D eigenvalue weighted by molar-refractivity contribution is -0.138. The number of benzene rings is 1. The van der Waals surface area contributed by atoms with E-state index in [4.69, 9.17) is 11.5 Å². The van der Waals surface area contributed by atoms with Crippen molar-refractivity contribution in [1.29, 1.82) is 0 Å². The normalized spacial score (nSPS) is 13.4. The number of rotatable bonds is 8. The van der Waals surface area contributed by atoms with Crippen molar-refractivity contribution in [3.63, 3.8) is 0 Å². The van der Waals surface area contributed by atoms with Crippen molar-refractivity contribution >= 4 is 17.4 Å². The molecule has 2 aromatic heterocycles. The second-order valence-electron chi connectivity index (χ2n) is 7.41. The SMILES string of the molecule is CC[C@](CN)(CNc1ccc(C(F)(F)F)c(C(=O)c2cccnc2N)n1)c1ccccc1.[HH].[HH].[HH].[HH].[HH]. The number of anilines is 2. The quantitative estimate of drug-likeness (QED) is 0.402. The maximum Gasteiger partial charge on any atom is 0.418 e.